The van der Waals surface area contributed by atoms with Gasteiger partial charge in [0, 0.05) is 0 Å². The lowest BCUT2D eigenvalue weighted by Crippen LogP contribution is -2.63. The van der Waals surface area contributed by atoms with Crippen molar-refractivity contribution in [2.24, 2.45) is 5.92 Å². The molecule has 152 valence electrons. The largest absolute Gasteiger partial charge is 0.479 e. The van der Waals surface area contributed by atoms with Gasteiger partial charge in [0.2, 0.25) is 11.4 Å². The number of hydrogen-bond acceptors (Lipinski definition) is 7. The molecule has 1 saturated heterocycles. The minimum Gasteiger partial charge on any atom is -0.479 e. The lowest BCUT2D eigenvalue weighted by Gasteiger charge is -2.35. The number of carboxylic acid groups (broad SMARTS) is 1. The molecule has 0 unspecified atom stereocenters. The molecule has 0 aromatic heterocycles. The number of aliphatic carboxylic acids is 1. The molecule has 0 radical (unpaired) electrons. The number of carboxylic acids is 1. The number of aliphatic hydroxyl groups is 1. The van der Waals surface area contributed by atoms with E-state index >= 15 is 0 Å². The number of carbonyl (C=O) groups is 4. The highest BCUT2D eigenvalue weighted by Crippen LogP contribution is 2.38. The van der Waals surface area contributed by atoms with Gasteiger partial charge in [-0.2, -0.15) is 0 Å². The summed E-state index contributed by atoms with van der Waals surface area (Å²) in [5.74, 6) is -4.68. The molecule has 0 aliphatic carbocycles. The van der Waals surface area contributed by atoms with Gasteiger partial charge in [0.25, 0.3) is 0 Å². The second-order valence-electron chi connectivity index (χ2n) is 7.52. The van der Waals surface area contributed by atoms with Crippen LogP contribution < -0.4 is 0 Å². The van der Waals surface area contributed by atoms with E-state index in [4.69, 9.17) is 9.47 Å². The molecule has 0 spiro atoms. The van der Waals surface area contributed by atoms with Gasteiger partial charge in [-0.15, -0.1) is 0 Å². The van der Waals surface area contributed by atoms with Crippen molar-refractivity contribution in [3.63, 3.8) is 0 Å². The zero-order chi connectivity index (χ0) is 21.3. The summed E-state index contributed by atoms with van der Waals surface area (Å²) in [7, 11) is 0. The average Bonchev–Trinajstić information content (AvgIpc) is 2.83. The first-order valence-electron chi connectivity index (χ1n) is 8.63. The molecule has 1 aromatic carbocycles. The van der Waals surface area contributed by atoms with E-state index in [9.17, 15) is 29.4 Å². The Morgan fingerprint density at radius 1 is 1.18 bits per heavy atom. The quantitative estimate of drug-likeness (QED) is 0.735. The van der Waals surface area contributed by atoms with Crippen LogP contribution in [0, 0.1) is 5.92 Å². The van der Waals surface area contributed by atoms with Crippen molar-refractivity contribution in [2.75, 3.05) is 6.61 Å². The fourth-order valence-corrected chi connectivity index (χ4v) is 3.03. The number of benzene rings is 1. The Labute approximate surface area is 161 Å². The number of likely N-dealkylation sites (tertiary alicyclic amines) is 1. The minimum absolute atomic E-state index is 0.134. The highest BCUT2D eigenvalue weighted by Gasteiger charge is 2.67. The van der Waals surface area contributed by atoms with Crippen LogP contribution in [-0.4, -0.2) is 62.9 Å². The summed E-state index contributed by atoms with van der Waals surface area (Å²) in [5, 5.41) is 19.7. The number of carbonyl (C=O) groups excluding carboxylic acids is 3. The maximum absolute atomic E-state index is 12.7. The Kier molecular flexibility index (Phi) is 5.79. The van der Waals surface area contributed by atoms with Gasteiger partial charge in [0.1, 0.15) is 5.60 Å². The van der Waals surface area contributed by atoms with Crippen molar-refractivity contribution in [2.45, 2.75) is 44.9 Å². The summed E-state index contributed by atoms with van der Waals surface area (Å²) in [5.41, 5.74) is -3.38. The molecule has 2 N–H and O–H groups in total. The summed E-state index contributed by atoms with van der Waals surface area (Å²) in [6, 6.07) is 7.76. The molecule has 9 nitrogen and oxygen atoms in total. The van der Waals surface area contributed by atoms with E-state index < -0.39 is 53.7 Å². The number of imide groups is 1. The number of ether oxygens (including phenoxy) is 2. The van der Waals surface area contributed by atoms with Crippen LogP contribution in [0.15, 0.2) is 30.3 Å². The van der Waals surface area contributed by atoms with E-state index in [1.807, 2.05) is 0 Å². The Hall–Kier alpha value is -2.94. The smallest absolute Gasteiger partial charge is 0.418 e. The summed E-state index contributed by atoms with van der Waals surface area (Å²) in [6.45, 7) is 4.81. The van der Waals surface area contributed by atoms with Crippen molar-refractivity contribution in [3.05, 3.63) is 35.9 Å². The van der Waals surface area contributed by atoms with Crippen molar-refractivity contribution in [1.82, 2.24) is 4.90 Å². The van der Waals surface area contributed by atoms with E-state index in [1.54, 1.807) is 39.0 Å². The molecule has 28 heavy (non-hydrogen) atoms. The second kappa shape index (κ2) is 7.59. The van der Waals surface area contributed by atoms with Crippen LogP contribution >= 0.6 is 0 Å². The van der Waals surface area contributed by atoms with Crippen LogP contribution in [0.2, 0.25) is 0 Å². The Morgan fingerprint density at radius 3 is 2.21 bits per heavy atom. The van der Waals surface area contributed by atoms with Crippen LogP contribution in [0.4, 0.5) is 4.79 Å². The van der Waals surface area contributed by atoms with Crippen LogP contribution in [0.3, 0.4) is 0 Å². The minimum atomic E-state index is -2.50. The number of amides is 2. The average molecular weight is 393 g/mol. The van der Waals surface area contributed by atoms with Crippen LogP contribution in [0.25, 0.3) is 0 Å². The number of esters is 1. The Bertz CT molecular complexity index is 785. The van der Waals surface area contributed by atoms with Gasteiger partial charge in [-0.1, -0.05) is 18.2 Å². The molecule has 1 aliphatic heterocycles. The third-order valence-corrected chi connectivity index (χ3v) is 4.36. The first-order chi connectivity index (χ1) is 13.0. The number of hydrogen-bond donors (Lipinski definition) is 2. The van der Waals surface area contributed by atoms with Crippen LogP contribution in [0.1, 0.15) is 38.1 Å². The molecule has 0 saturated carbocycles. The molecular formula is C19H23NO8. The molecule has 1 aliphatic rings. The van der Waals surface area contributed by atoms with E-state index in [-0.39, 0.29) is 5.56 Å². The van der Waals surface area contributed by atoms with E-state index in [0.717, 1.165) is 0 Å². The van der Waals surface area contributed by atoms with Gasteiger partial charge in [-0.25, -0.2) is 19.3 Å². The zero-order valence-electron chi connectivity index (χ0n) is 16.0. The van der Waals surface area contributed by atoms with Crippen molar-refractivity contribution in [3.8, 4) is 0 Å². The number of aliphatic hydroxyl groups excluding tert-OH is 1. The highest BCUT2D eigenvalue weighted by molar-refractivity contribution is 6.04. The first-order valence-corrected chi connectivity index (χ1v) is 8.63. The second-order valence-corrected chi connectivity index (χ2v) is 7.52. The lowest BCUT2D eigenvalue weighted by atomic mass is 9.89. The molecule has 3 atom stereocenters. The van der Waals surface area contributed by atoms with Gasteiger partial charge in [-0.05, 0) is 39.8 Å². The van der Waals surface area contributed by atoms with Gasteiger partial charge in [0.15, 0.2) is 6.10 Å². The van der Waals surface area contributed by atoms with Gasteiger partial charge < -0.3 is 19.7 Å². The maximum atomic E-state index is 12.7. The zero-order valence-corrected chi connectivity index (χ0v) is 16.0. The molecule has 1 fully saturated rings. The third kappa shape index (κ3) is 3.70. The van der Waals surface area contributed by atoms with Gasteiger partial charge in [-0.3, -0.25) is 4.79 Å². The van der Waals surface area contributed by atoms with E-state index in [0.29, 0.717) is 4.90 Å². The molecule has 2 amide bonds. The Balaban J connectivity index is 2.46. The summed E-state index contributed by atoms with van der Waals surface area (Å²) in [6.07, 6.45) is -2.85. The predicted octanol–water partition coefficient (Wildman–Crippen LogP) is 1.44. The van der Waals surface area contributed by atoms with E-state index in [1.165, 1.54) is 19.1 Å². The molecule has 9 heteroatoms. The van der Waals surface area contributed by atoms with Gasteiger partial charge in [0.05, 0.1) is 18.1 Å². The van der Waals surface area contributed by atoms with Crippen LogP contribution in [-0.2, 0) is 19.1 Å². The van der Waals surface area contributed by atoms with Gasteiger partial charge >= 0.3 is 18.0 Å². The molecular weight excluding hydrogens is 370 g/mol. The van der Waals surface area contributed by atoms with Crippen molar-refractivity contribution >= 4 is 23.9 Å². The summed E-state index contributed by atoms with van der Waals surface area (Å²) in [4.78, 5) is 50.1. The molecule has 0 bridgehead atoms. The summed E-state index contributed by atoms with van der Waals surface area (Å²) >= 11 is 0. The fraction of sp³-hybridized carbons (Fsp3) is 0.474. The SMILES string of the molecule is C[C@H]1C(=O)N(C(=O)OC(C)(C)C)[C@](CO)(C(=O)O)[C@@H]1OC(=O)c1ccccc1. The lowest BCUT2D eigenvalue weighted by molar-refractivity contribution is -0.161. The monoisotopic (exact) mass is 393 g/mol. The van der Waals surface area contributed by atoms with Crippen molar-refractivity contribution < 1.29 is 38.9 Å². The highest BCUT2D eigenvalue weighted by atomic mass is 16.6. The number of nitrogens with zero attached hydrogens (tertiary/aromatic N) is 1. The normalized spacial score (nSPS) is 24.8. The summed E-state index contributed by atoms with van der Waals surface area (Å²) < 4.78 is 10.4. The first kappa shape index (κ1) is 21.4. The fourth-order valence-electron chi connectivity index (χ4n) is 3.03. The standard InChI is InChI=1S/C19H23NO8/c1-11-13(27-15(23)12-8-6-5-7-9-12)19(10-21,16(24)25)20(14(11)22)17(26)28-18(2,3)4/h5-9,11,13,21H,10H2,1-4H3,(H,24,25)/t11-,13-,19+/m1/s1. The molecule has 2 rings (SSSR count). The van der Waals surface area contributed by atoms with Crippen molar-refractivity contribution in [1.29, 1.82) is 0 Å². The Morgan fingerprint density at radius 2 is 1.75 bits per heavy atom. The topological polar surface area (TPSA) is 130 Å². The number of rotatable bonds is 4. The predicted molar refractivity (Wildman–Crippen MR) is 95.3 cm³/mol. The molecule has 1 aromatic rings. The third-order valence-electron chi connectivity index (χ3n) is 4.36. The molecule has 1 heterocycles. The maximum Gasteiger partial charge on any atom is 0.418 e. The van der Waals surface area contributed by atoms with Crippen LogP contribution in [0.5, 0.6) is 0 Å². The van der Waals surface area contributed by atoms with E-state index in [2.05, 4.69) is 0 Å².